The van der Waals surface area contributed by atoms with E-state index in [4.69, 9.17) is 0 Å². The van der Waals surface area contributed by atoms with Gasteiger partial charge >= 0.3 is 0 Å². The highest BCUT2D eigenvalue weighted by Gasteiger charge is 2.36. The molecule has 0 atom stereocenters. The number of nitrogens with zero attached hydrogens (tertiary/aromatic N) is 2. The lowest BCUT2D eigenvalue weighted by Gasteiger charge is -2.28. The van der Waals surface area contributed by atoms with E-state index >= 15 is 0 Å². The van der Waals surface area contributed by atoms with E-state index in [9.17, 15) is 0 Å². The highest BCUT2D eigenvalue weighted by Crippen LogP contribution is 2.52. The number of para-hydroxylation sites is 1. The minimum atomic E-state index is -0.111. The van der Waals surface area contributed by atoms with Crippen LogP contribution in [0.1, 0.15) is 25.0 Å². The van der Waals surface area contributed by atoms with Crippen molar-refractivity contribution in [3.05, 3.63) is 181 Å². The van der Waals surface area contributed by atoms with Crippen molar-refractivity contribution in [2.45, 2.75) is 19.3 Å². The number of anilines is 3. The Kier molecular flexibility index (Phi) is 6.47. The van der Waals surface area contributed by atoms with Gasteiger partial charge in [0.05, 0.1) is 11.0 Å². The zero-order valence-electron chi connectivity index (χ0n) is 30.4. The fraction of sp³-hybridized carbons (Fsp3) is 0.0588. The summed E-state index contributed by atoms with van der Waals surface area (Å²) in [5, 5.41) is 7.84. The van der Waals surface area contributed by atoms with Gasteiger partial charge in [0.15, 0.2) is 0 Å². The molecule has 3 aromatic heterocycles. The third kappa shape index (κ3) is 4.41. The summed E-state index contributed by atoms with van der Waals surface area (Å²) in [6.45, 7) is 4.74. The summed E-state index contributed by atoms with van der Waals surface area (Å²) in [6.07, 6.45) is 0. The number of hydrogen-bond donors (Lipinski definition) is 0. The number of fused-ring (bicyclic) bond motifs is 13. The van der Waals surface area contributed by atoms with E-state index in [0.29, 0.717) is 0 Å². The van der Waals surface area contributed by atoms with Gasteiger partial charge in [-0.25, -0.2) is 0 Å². The second-order valence-corrected chi connectivity index (χ2v) is 17.5. The van der Waals surface area contributed by atoms with Crippen LogP contribution < -0.4 is 4.90 Å². The first-order valence-corrected chi connectivity index (χ1v) is 20.6. The molecule has 3 heterocycles. The first-order chi connectivity index (χ1) is 27.0. The Morgan fingerprint density at radius 3 is 1.91 bits per heavy atom. The van der Waals surface area contributed by atoms with Gasteiger partial charge in [0, 0.05) is 79.3 Å². The van der Waals surface area contributed by atoms with Gasteiger partial charge in [0.2, 0.25) is 0 Å². The standard InChI is InChI=1S/C51H34N2S2/c1-51(2)42-17-9-6-14-35(42)36-23-20-33(29-43(36)51)52(32-22-27-48-41(28-32)38-16-8-10-18-46(38)54-48)34-21-24-40-45(30-34)53(31-12-4-3-5-13-31)44-26-25-39-37-15-7-11-19-47(37)55-50(39)49(40)44/h3-30H,1-2H3. The maximum atomic E-state index is 2.48. The molecule has 2 nitrogen and oxygen atoms in total. The van der Waals surface area contributed by atoms with E-state index in [1.165, 1.54) is 84.4 Å². The lowest BCUT2D eigenvalue weighted by molar-refractivity contribution is 0.660. The quantitative estimate of drug-likeness (QED) is 0.175. The predicted molar refractivity (Wildman–Crippen MR) is 239 cm³/mol. The number of benzene rings is 8. The molecular formula is C51H34N2S2. The van der Waals surface area contributed by atoms with E-state index in [1.807, 2.05) is 22.7 Å². The molecule has 0 bridgehead atoms. The minimum absolute atomic E-state index is 0.111. The summed E-state index contributed by atoms with van der Waals surface area (Å²) in [4.78, 5) is 2.48. The van der Waals surface area contributed by atoms with Crippen molar-refractivity contribution in [1.29, 1.82) is 0 Å². The Bertz CT molecular complexity index is 3360. The molecule has 12 rings (SSSR count). The average Bonchev–Trinajstić information content (AvgIpc) is 3.95. The van der Waals surface area contributed by atoms with Crippen LogP contribution in [0.15, 0.2) is 170 Å². The molecule has 0 unspecified atom stereocenters. The highest BCUT2D eigenvalue weighted by atomic mass is 32.1. The molecule has 260 valence electrons. The molecule has 4 heteroatoms. The van der Waals surface area contributed by atoms with Crippen LogP contribution in [0.5, 0.6) is 0 Å². The number of hydrogen-bond acceptors (Lipinski definition) is 3. The second-order valence-electron chi connectivity index (χ2n) is 15.3. The maximum Gasteiger partial charge on any atom is 0.0562 e. The molecule has 0 saturated heterocycles. The summed E-state index contributed by atoms with van der Waals surface area (Å²) in [7, 11) is 0. The van der Waals surface area contributed by atoms with Gasteiger partial charge in [-0.2, -0.15) is 0 Å². The van der Waals surface area contributed by atoms with Crippen molar-refractivity contribution in [3.63, 3.8) is 0 Å². The lowest BCUT2D eigenvalue weighted by atomic mass is 9.82. The molecule has 1 aliphatic rings. The highest BCUT2D eigenvalue weighted by molar-refractivity contribution is 7.27. The van der Waals surface area contributed by atoms with E-state index in [2.05, 4.69) is 193 Å². The zero-order chi connectivity index (χ0) is 36.4. The van der Waals surface area contributed by atoms with Crippen LogP contribution >= 0.6 is 22.7 Å². The van der Waals surface area contributed by atoms with E-state index < -0.39 is 0 Å². The van der Waals surface area contributed by atoms with E-state index in [-0.39, 0.29) is 5.41 Å². The van der Waals surface area contributed by atoms with Crippen molar-refractivity contribution < 1.29 is 0 Å². The van der Waals surface area contributed by atoms with Crippen LogP contribution in [-0.4, -0.2) is 4.57 Å². The smallest absolute Gasteiger partial charge is 0.0562 e. The Labute approximate surface area is 326 Å². The van der Waals surface area contributed by atoms with Crippen LogP contribution in [0.25, 0.3) is 79.0 Å². The van der Waals surface area contributed by atoms with Crippen molar-refractivity contribution in [2.24, 2.45) is 0 Å². The van der Waals surface area contributed by atoms with Crippen LogP contribution in [0, 0.1) is 0 Å². The van der Waals surface area contributed by atoms with Gasteiger partial charge in [0.1, 0.15) is 0 Å². The molecular weight excluding hydrogens is 705 g/mol. The van der Waals surface area contributed by atoms with E-state index in [0.717, 1.165) is 22.7 Å². The number of rotatable bonds is 4. The summed E-state index contributed by atoms with van der Waals surface area (Å²) in [6, 6.07) is 63.3. The number of aromatic nitrogens is 1. The van der Waals surface area contributed by atoms with Gasteiger partial charge in [-0.15, -0.1) is 22.7 Å². The summed E-state index contributed by atoms with van der Waals surface area (Å²) < 4.78 is 7.76. The zero-order valence-corrected chi connectivity index (χ0v) is 32.0. The topological polar surface area (TPSA) is 8.17 Å². The van der Waals surface area contributed by atoms with Gasteiger partial charge in [-0.05, 0) is 95.1 Å². The molecule has 1 aliphatic carbocycles. The average molecular weight is 739 g/mol. The minimum Gasteiger partial charge on any atom is -0.310 e. The summed E-state index contributed by atoms with van der Waals surface area (Å²) >= 11 is 3.77. The normalized spacial score (nSPS) is 13.4. The SMILES string of the molecule is CC1(C)c2ccccc2-c2ccc(N(c3ccc4sc5ccccc5c4c3)c3ccc4c5c6sc7ccccc7c6ccc5n(-c5ccccc5)c4c3)cc21. The Balaban J connectivity index is 1.15. The van der Waals surface area contributed by atoms with Crippen LogP contribution in [0.4, 0.5) is 17.1 Å². The van der Waals surface area contributed by atoms with Crippen LogP contribution in [0.3, 0.4) is 0 Å². The Morgan fingerprint density at radius 1 is 0.436 bits per heavy atom. The summed E-state index contributed by atoms with van der Waals surface area (Å²) in [5.74, 6) is 0. The Hall–Kier alpha value is -6.20. The lowest BCUT2D eigenvalue weighted by Crippen LogP contribution is -2.16. The second kappa shape index (κ2) is 11.4. The molecule has 0 spiro atoms. The van der Waals surface area contributed by atoms with Gasteiger partial charge in [0.25, 0.3) is 0 Å². The molecule has 0 N–H and O–H groups in total. The van der Waals surface area contributed by atoms with Crippen molar-refractivity contribution in [2.75, 3.05) is 4.90 Å². The molecule has 55 heavy (non-hydrogen) atoms. The molecule has 0 saturated carbocycles. The van der Waals surface area contributed by atoms with Crippen LogP contribution in [0.2, 0.25) is 0 Å². The molecule has 0 aliphatic heterocycles. The van der Waals surface area contributed by atoms with Gasteiger partial charge in [-0.1, -0.05) is 111 Å². The van der Waals surface area contributed by atoms with E-state index in [1.54, 1.807) is 0 Å². The van der Waals surface area contributed by atoms with Crippen molar-refractivity contribution >= 4 is 102 Å². The molecule has 8 aromatic carbocycles. The first-order valence-electron chi connectivity index (χ1n) is 18.9. The van der Waals surface area contributed by atoms with Crippen molar-refractivity contribution in [3.8, 4) is 16.8 Å². The molecule has 0 amide bonds. The number of thiophene rings is 2. The first kappa shape index (κ1) is 31.2. The fourth-order valence-electron chi connectivity index (χ4n) is 9.40. The third-order valence-electron chi connectivity index (χ3n) is 12.0. The van der Waals surface area contributed by atoms with Crippen molar-refractivity contribution in [1.82, 2.24) is 4.57 Å². The van der Waals surface area contributed by atoms with Gasteiger partial charge in [-0.3, -0.25) is 0 Å². The molecule has 0 radical (unpaired) electrons. The fourth-order valence-corrected chi connectivity index (χ4v) is 11.7. The predicted octanol–water partition coefficient (Wildman–Crippen LogP) is 15.3. The maximum absolute atomic E-state index is 2.48. The molecule has 11 aromatic rings. The third-order valence-corrected chi connectivity index (χ3v) is 14.3. The molecule has 0 fully saturated rings. The summed E-state index contributed by atoms with van der Waals surface area (Å²) in [5.41, 5.74) is 12.3. The Morgan fingerprint density at radius 2 is 1.05 bits per heavy atom. The van der Waals surface area contributed by atoms with Crippen LogP contribution in [-0.2, 0) is 5.41 Å². The monoisotopic (exact) mass is 738 g/mol. The van der Waals surface area contributed by atoms with Gasteiger partial charge < -0.3 is 9.47 Å². The largest absolute Gasteiger partial charge is 0.310 e.